The average molecular weight is 468 g/mol. The summed E-state index contributed by atoms with van der Waals surface area (Å²) in [6, 6.07) is 7.81. The molecule has 0 fully saturated rings. The molecule has 0 aliphatic heterocycles. The highest BCUT2D eigenvalue weighted by molar-refractivity contribution is 9.10. The molecule has 0 atom stereocenters. The highest BCUT2D eigenvalue weighted by atomic mass is 79.9. The summed E-state index contributed by atoms with van der Waals surface area (Å²) in [7, 11) is 0. The Morgan fingerprint density at radius 2 is 2.22 bits per heavy atom. The van der Waals surface area contributed by atoms with Gasteiger partial charge in [-0.3, -0.25) is 14.9 Å². The second kappa shape index (κ2) is 8.63. The molecule has 0 spiro atoms. The van der Waals surface area contributed by atoms with Crippen molar-refractivity contribution in [3.63, 3.8) is 0 Å². The first-order chi connectivity index (χ1) is 13.0. The van der Waals surface area contributed by atoms with E-state index in [9.17, 15) is 14.9 Å². The van der Waals surface area contributed by atoms with Gasteiger partial charge in [0, 0.05) is 34.2 Å². The van der Waals surface area contributed by atoms with Crippen molar-refractivity contribution in [2.75, 3.05) is 11.1 Å². The Bertz CT molecular complexity index is 988. The first kappa shape index (κ1) is 19.5. The number of non-ortho nitro benzene ring substituents is 1. The summed E-state index contributed by atoms with van der Waals surface area (Å²) >= 11 is 6.26. The fraction of sp³-hybridized carbons (Fsp3) is 0.188. The van der Waals surface area contributed by atoms with Gasteiger partial charge in [0.05, 0.1) is 15.6 Å². The third-order valence-corrected chi connectivity index (χ3v) is 6.15. The number of aromatic nitrogens is 3. The number of nitro groups is 1. The zero-order valence-electron chi connectivity index (χ0n) is 14.1. The molecule has 0 radical (unpaired) electrons. The zero-order chi connectivity index (χ0) is 19.4. The van der Waals surface area contributed by atoms with Crippen LogP contribution in [0.3, 0.4) is 0 Å². The van der Waals surface area contributed by atoms with Crippen molar-refractivity contribution in [1.82, 2.24) is 14.8 Å². The molecule has 0 unspecified atom stereocenters. The standard InChI is InChI=1S/C16H14BrN5O3S2/c1-2-21-15(13-6-10(17)8-26-13)19-20-16(21)27-9-14(23)18-11-4-3-5-12(7-11)22(24)25/h3-8H,2,9H2,1H3,(H,18,23). The van der Waals surface area contributed by atoms with Gasteiger partial charge in [-0.05, 0) is 35.0 Å². The number of hydrogen-bond acceptors (Lipinski definition) is 7. The van der Waals surface area contributed by atoms with Crippen LogP contribution in [-0.2, 0) is 11.3 Å². The number of carbonyl (C=O) groups excluding carboxylic acids is 1. The molecule has 1 amide bonds. The molecule has 0 aliphatic rings. The van der Waals surface area contributed by atoms with Crippen molar-refractivity contribution < 1.29 is 9.72 Å². The molecule has 27 heavy (non-hydrogen) atoms. The van der Waals surface area contributed by atoms with Gasteiger partial charge in [0.1, 0.15) is 0 Å². The second-order valence-electron chi connectivity index (χ2n) is 5.32. The number of nitrogens with zero attached hydrogens (tertiary/aromatic N) is 4. The number of halogens is 1. The van der Waals surface area contributed by atoms with Gasteiger partial charge in [0.25, 0.3) is 5.69 Å². The maximum absolute atomic E-state index is 12.2. The normalized spacial score (nSPS) is 10.7. The predicted octanol–water partition coefficient (Wildman–Crippen LogP) is 4.43. The lowest BCUT2D eigenvalue weighted by atomic mass is 10.3. The zero-order valence-corrected chi connectivity index (χ0v) is 17.3. The van der Waals surface area contributed by atoms with Gasteiger partial charge in [-0.2, -0.15) is 0 Å². The van der Waals surface area contributed by atoms with Crippen molar-refractivity contribution in [3.8, 4) is 10.7 Å². The lowest BCUT2D eigenvalue weighted by Crippen LogP contribution is -2.14. The Kier molecular flexibility index (Phi) is 6.24. The van der Waals surface area contributed by atoms with Crippen LogP contribution in [0.1, 0.15) is 6.92 Å². The molecular formula is C16H14BrN5O3S2. The minimum Gasteiger partial charge on any atom is -0.325 e. The van der Waals surface area contributed by atoms with Crippen molar-refractivity contribution in [3.05, 3.63) is 50.3 Å². The summed E-state index contributed by atoms with van der Waals surface area (Å²) in [6.07, 6.45) is 0. The van der Waals surface area contributed by atoms with Gasteiger partial charge < -0.3 is 9.88 Å². The van der Waals surface area contributed by atoms with Crippen LogP contribution in [0.4, 0.5) is 11.4 Å². The number of carbonyl (C=O) groups is 1. The van der Waals surface area contributed by atoms with Gasteiger partial charge in [-0.15, -0.1) is 21.5 Å². The number of benzene rings is 1. The number of rotatable bonds is 7. The lowest BCUT2D eigenvalue weighted by Gasteiger charge is -2.07. The number of anilines is 1. The van der Waals surface area contributed by atoms with Crippen molar-refractivity contribution in [2.45, 2.75) is 18.6 Å². The number of nitro benzene ring substituents is 1. The second-order valence-corrected chi connectivity index (χ2v) is 8.09. The summed E-state index contributed by atoms with van der Waals surface area (Å²) in [5.41, 5.74) is 0.314. The fourth-order valence-electron chi connectivity index (χ4n) is 2.32. The third-order valence-electron chi connectivity index (χ3n) is 3.49. The first-order valence-electron chi connectivity index (χ1n) is 7.82. The molecule has 1 N–H and O–H groups in total. The Balaban J connectivity index is 1.66. The van der Waals surface area contributed by atoms with Crippen LogP contribution in [0.15, 0.2) is 45.3 Å². The highest BCUT2D eigenvalue weighted by Gasteiger charge is 2.16. The van der Waals surface area contributed by atoms with E-state index < -0.39 is 4.92 Å². The molecule has 8 nitrogen and oxygen atoms in total. The molecule has 0 saturated heterocycles. The van der Waals surface area contributed by atoms with Crippen LogP contribution in [0.2, 0.25) is 0 Å². The summed E-state index contributed by atoms with van der Waals surface area (Å²) in [5.74, 6) is 0.607. The molecule has 2 heterocycles. The maximum Gasteiger partial charge on any atom is 0.271 e. The van der Waals surface area contributed by atoms with Crippen LogP contribution in [0.25, 0.3) is 10.7 Å². The molecule has 0 aliphatic carbocycles. The van der Waals surface area contributed by atoms with Gasteiger partial charge in [-0.1, -0.05) is 17.8 Å². The Morgan fingerprint density at radius 3 is 2.89 bits per heavy atom. The number of thioether (sulfide) groups is 1. The van der Waals surface area contributed by atoms with Crippen LogP contribution in [0.5, 0.6) is 0 Å². The number of thiophene rings is 1. The molecular weight excluding hydrogens is 454 g/mol. The Labute approximate surface area is 171 Å². The minimum absolute atomic E-state index is 0.0714. The smallest absolute Gasteiger partial charge is 0.271 e. The Hall–Kier alpha value is -2.24. The average Bonchev–Trinajstić information content (AvgIpc) is 3.25. The molecule has 3 aromatic rings. The summed E-state index contributed by atoms with van der Waals surface area (Å²) in [5, 5.41) is 24.5. The molecule has 2 aromatic heterocycles. The van der Waals surface area contributed by atoms with Crippen LogP contribution in [0, 0.1) is 10.1 Å². The van der Waals surface area contributed by atoms with E-state index in [2.05, 4.69) is 31.4 Å². The topological polar surface area (TPSA) is 103 Å². The molecule has 1 aromatic carbocycles. The molecule has 0 saturated carbocycles. The summed E-state index contributed by atoms with van der Waals surface area (Å²) < 4.78 is 2.93. The van der Waals surface area contributed by atoms with Crippen molar-refractivity contribution in [1.29, 1.82) is 0 Å². The van der Waals surface area contributed by atoms with E-state index in [4.69, 9.17) is 0 Å². The molecule has 11 heteroatoms. The number of amides is 1. The summed E-state index contributed by atoms with van der Waals surface area (Å²) in [6.45, 7) is 2.66. The van der Waals surface area contributed by atoms with Gasteiger partial charge in [0.2, 0.25) is 5.91 Å². The van der Waals surface area contributed by atoms with E-state index in [0.717, 1.165) is 15.2 Å². The maximum atomic E-state index is 12.2. The largest absolute Gasteiger partial charge is 0.325 e. The minimum atomic E-state index is -0.501. The number of hydrogen-bond donors (Lipinski definition) is 1. The quantitative estimate of drug-likeness (QED) is 0.313. The van der Waals surface area contributed by atoms with Gasteiger partial charge >= 0.3 is 0 Å². The van der Waals surface area contributed by atoms with E-state index in [1.807, 2.05) is 22.9 Å². The van der Waals surface area contributed by atoms with Gasteiger partial charge in [0.15, 0.2) is 11.0 Å². The van der Waals surface area contributed by atoms with Crippen LogP contribution in [-0.4, -0.2) is 31.3 Å². The third kappa shape index (κ3) is 4.73. The van der Waals surface area contributed by atoms with E-state index in [0.29, 0.717) is 17.4 Å². The molecule has 0 bridgehead atoms. The van der Waals surface area contributed by atoms with Crippen LogP contribution < -0.4 is 5.32 Å². The van der Waals surface area contributed by atoms with E-state index in [-0.39, 0.29) is 17.3 Å². The molecule has 140 valence electrons. The van der Waals surface area contributed by atoms with Gasteiger partial charge in [-0.25, -0.2) is 0 Å². The van der Waals surface area contributed by atoms with Crippen LogP contribution >= 0.6 is 39.0 Å². The SMILES string of the molecule is CCn1c(SCC(=O)Nc2cccc([N+](=O)[O-])c2)nnc1-c1cc(Br)cs1. The summed E-state index contributed by atoms with van der Waals surface area (Å²) in [4.78, 5) is 23.5. The molecule has 3 rings (SSSR count). The van der Waals surface area contributed by atoms with E-state index >= 15 is 0 Å². The fourth-order valence-corrected chi connectivity index (χ4v) is 4.54. The number of nitrogens with one attached hydrogen (secondary N) is 1. The monoisotopic (exact) mass is 467 g/mol. The first-order valence-corrected chi connectivity index (χ1v) is 10.5. The Morgan fingerprint density at radius 1 is 1.41 bits per heavy atom. The lowest BCUT2D eigenvalue weighted by molar-refractivity contribution is -0.384. The van der Waals surface area contributed by atoms with E-state index in [1.54, 1.807) is 17.4 Å². The van der Waals surface area contributed by atoms with Crippen molar-refractivity contribution >= 4 is 56.3 Å². The predicted molar refractivity (Wildman–Crippen MR) is 109 cm³/mol. The highest BCUT2D eigenvalue weighted by Crippen LogP contribution is 2.31. The van der Waals surface area contributed by atoms with E-state index in [1.165, 1.54) is 30.0 Å². The van der Waals surface area contributed by atoms with Crippen molar-refractivity contribution in [2.24, 2.45) is 0 Å².